The Balaban J connectivity index is 1.81. The summed E-state index contributed by atoms with van der Waals surface area (Å²) in [5, 5.41) is 14.4. The van der Waals surface area contributed by atoms with Crippen molar-refractivity contribution in [1.82, 2.24) is 0 Å². The second-order valence-corrected chi connectivity index (χ2v) is 7.80. The Morgan fingerprint density at radius 1 is 0.893 bits per heavy atom. The molecule has 1 aliphatic rings. The van der Waals surface area contributed by atoms with Crippen LogP contribution in [0.1, 0.15) is 48.5 Å². The fourth-order valence-corrected chi connectivity index (χ4v) is 4.85. The summed E-state index contributed by atoms with van der Waals surface area (Å²) < 4.78 is 13.6. The molecular weight excluding hydrogens is 349 g/mol. The van der Waals surface area contributed by atoms with Gasteiger partial charge < -0.3 is 10.4 Å². The zero-order valence-corrected chi connectivity index (χ0v) is 16.1. The van der Waals surface area contributed by atoms with Gasteiger partial charge in [-0.05, 0) is 24.1 Å². The van der Waals surface area contributed by atoms with Crippen LogP contribution in [0.2, 0.25) is 0 Å². The first-order valence-electron chi connectivity index (χ1n) is 10.0. The van der Waals surface area contributed by atoms with Crippen molar-refractivity contribution >= 4 is 0 Å². The largest absolute Gasteiger partial charge is 0.384 e. The Morgan fingerprint density at radius 2 is 1.46 bits per heavy atom. The molecule has 2 nitrogen and oxygen atoms in total. The number of nitrogens with two attached hydrogens (primary N) is 1. The van der Waals surface area contributed by atoms with Crippen molar-refractivity contribution < 1.29 is 14.8 Å². The van der Waals surface area contributed by atoms with E-state index in [-0.39, 0.29) is 23.8 Å². The van der Waals surface area contributed by atoms with Gasteiger partial charge in [0.1, 0.15) is 23.5 Å². The zero-order valence-electron chi connectivity index (χ0n) is 16.1. The summed E-state index contributed by atoms with van der Waals surface area (Å²) in [5.41, 5.74) is 2.21. The number of benzene rings is 3. The third kappa shape index (κ3) is 3.48. The second kappa shape index (κ2) is 7.86. The van der Waals surface area contributed by atoms with Crippen molar-refractivity contribution in [3.63, 3.8) is 0 Å². The zero-order chi connectivity index (χ0) is 19.6. The van der Waals surface area contributed by atoms with Crippen LogP contribution in [-0.2, 0) is 5.60 Å². The topological polar surface area (TPSA) is 36.8 Å². The van der Waals surface area contributed by atoms with Crippen LogP contribution in [0.25, 0.3) is 0 Å². The van der Waals surface area contributed by atoms with Crippen LogP contribution in [0.15, 0.2) is 84.9 Å². The molecule has 144 valence electrons. The predicted octanol–water partition coefficient (Wildman–Crippen LogP) is 4.49. The summed E-state index contributed by atoms with van der Waals surface area (Å²) in [4.78, 5) is 0. The van der Waals surface area contributed by atoms with Crippen LogP contribution in [-0.4, -0.2) is 5.11 Å². The number of aliphatic hydroxyl groups is 1. The quantitative estimate of drug-likeness (QED) is 0.692. The third-order valence-corrected chi connectivity index (χ3v) is 6.21. The van der Waals surface area contributed by atoms with E-state index in [1.807, 2.05) is 24.3 Å². The monoisotopic (exact) mass is 376 g/mol. The van der Waals surface area contributed by atoms with Gasteiger partial charge in [0, 0.05) is 23.5 Å². The molecule has 3 heteroatoms. The first-order chi connectivity index (χ1) is 13.6. The van der Waals surface area contributed by atoms with Gasteiger partial charge in [-0.15, -0.1) is 0 Å². The first kappa shape index (κ1) is 18.9. The number of halogens is 1. The molecule has 4 rings (SSSR count). The number of hydrogen-bond acceptors (Lipinski definition) is 1. The molecule has 0 saturated carbocycles. The number of hydrogen-bond donors (Lipinski definition) is 2. The van der Waals surface area contributed by atoms with Gasteiger partial charge in [0.15, 0.2) is 0 Å². The summed E-state index contributed by atoms with van der Waals surface area (Å²) in [5.74, 6) is -0.248. The normalized spacial score (nSPS) is 27.5. The summed E-state index contributed by atoms with van der Waals surface area (Å²) in [6.45, 7) is 2.13. The Morgan fingerprint density at radius 3 is 2.04 bits per heavy atom. The SMILES string of the molecule is CCC1C(c2ccccc2)[NH2+]C(c2ccccc2)CC1(O)c1ccc(F)cc1. The van der Waals surface area contributed by atoms with Crippen molar-refractivity contribution in [2.45, 2.75) is 37.5 Å². The molecule has 0 aromatic heterocycles. The van der Waals surface area contributed by atoms with Gasteiger partial charge in [-0.2, -0.15) is 0 Å². The van der Waals surface area contributed by atoms with Crippen LogP contribution < -0.4 is 5.32 Å². The van der Waals surface area contributed by atoms with E-state index in [1.165, 1.54) is 23.3 Å². The smallest absolute Gasteiger partial charge is 0.123 e. The lowest BCUT2D eigenvalue weighted by molar-refractivity contribution is -0.758. The highest BCUT2D eigenvalue weighted by Crippen LogP contribution is 2.46. The van der Waals surface area contributed by atoms with Gasteiger partial charge in [-0.25, -0.2) is 4.39 Å². The summed E-state index contributed by atoms with van der Waals surface area (Å²) in [6, 6.07) is 27.4. The van der Waals surface area contributed by atoms with Gasteiger partial charge >= 0.3 is 0 Å². The van der Waals surface area contributed by atoms with Crippen LogP contribution in [0.5, 0.6) is 0 Å². The number of rotatable bonds is 4. The summed E-state index contributed by atoms with van der Waals surface area (Å²) in [6.07, 6.45) is 1.44. The summed E-state index contributed by atoms with van der Waals surface area (Å²) in [7, 11) is 0. The molecule has 3 aromatic carbocycles. The lowest BCUT2D eigenvalue weighted by Gasteiger charge is -2.46. The van der Waals surface area contributed by atoms with Gasteiger partial charge in [-0.3, -0.25) is 0 Å². The number of quaternary nitrogens is 1. The van der Waals surface area contributed by atoms with E-state index in [0.29, 0.717) is 6.42 Å². The molecular formula is C25H27FNO+. The molecule has 4 unspecified atom stereocenters. The van der Waals surface area contributed by atoms with Gasteiger partial charge in [-0.1, -0.05) is 79.7 Å². The van der Waals surface area contributed by atoms with Gasteiger partial charge in [0.2, 0.25) is 0 Å². The highest BCUT2D eigenvalue weighted by molar-refractivity contribution is 5.29. The van der Waals surface area contributed by atoms with E-state index >= 15 is 0 Å². The standard InChI is InChI=1S/C25H26FNO/c1-2-22-24(19-11-7-4-8-12-19)27-23(18-9-5-3-6-10-18)17-25(22,28)20-13-15-21(26)16-14-20/h3-16,22-24,27-28H,2,17H2,1H3/p+1. The lowest BCUT2D eigenvalue weighted by atomic mass is 9.67. The molecule has 1 saturated heterocycles. The fourth-order valence-electron chi connectivity index (χ4n) is 4.85. The average molecular weight is 376 g/mol. The van der Waals surface area contributed by atoms with Gasteiger partial charge in [0.25, 0.3) is 0 Å². The molecule has 0 bridgehead atoms. The molecule has 3 N–H and O–H groups in total. The third-order valence-electron chi connectivity index (χ3n) is 6.21. The molecule has 4 atom stereocenters. The van der Waals surface area contributed by atoms with E-state index in [2.05, 4.69) is 48.6 Å². The molecule has 1 aliphatic heterocycles. The van der Waals surface area contributed by atoms with Crippen LogP contribution in [0.4, 0.5) is 4.39 Å². The van der Waals surface area contributed by atoms with Crippen LogP contribution in [0, 0.1) is 11.7 Å². The Labute approximate surface area is 166 Å². The maximum absolute atomic E-state index is 13.6. The molecule has 0 aliphatic carbocycles. The lowest BCUT2D eigenvalue weighted by Crippen LogP contribution is -2.91. The Bertz CT molecular complexity index is 897. The van der Waals surface area contributed by atoms with Crippen molar-refractivity contribution in [2.75, 3.05) is 0 Å². The van der Waals surface area contributed by atoms with Gasteiger partial charge in [0.05, 0.1) is 0 Å². The minimum atomic E-state index is -1.02. The van der Waals surface area contributed by atoms with E-state index < -0.39 is 5.60 Å². The molecule has 0 amide bonds. The van der Waals surface area contributed by atoms with Crippen molar-refractivity contribution in [2.24, 2.45) is 5.92 Å². The van der Waals surface area contributed by atoms with Crippen molar-refractivity contribution in [3.05, 3.63) is 107 Å². The molecule has 0 radical (unpaired) electrons. The molecule has 1 heterocycles. The Kier molecular flexibility index (Phi) is 5.29. The van der Waals surface area contributed by atoms with E-state index in [4.69, 9.17) is 0 Å². The maximum Gasteiger partial charge on any atom is 0.123 e. The van der Waals surface area contributed by atoms with E-state index in [9.17, 15) is 9.50 Å². The predicted molar refractivity (Wildman–Crippen MR) is 109 cm³/mol. The average Bonchev–Trinajstić information content (AvgIpc) is 2.75. The minimum absolute atomic E-state index is 0.0281. The summed E-state index contributed by atoms with van der Waals surface area (Å²) >= 11 is 0. The van der Waals surface area contributed by atoms with Crippen LogP contribution in [0.3, 0.4) is 0 Å². The van der Waals surface area contributed by atoms with Crippen molar-refractivity contribution in [1.29, 1.82) is 0 Å². The highest BCUT2D eigenvalue weighted by Gasteiger charge is 2.51. The highest BCUT2D eigenvalue weighted by atomic mass is 19.1. The fraction of sp³-hybridized carbons (Fsp3) is 0.280. The molecule has 0 spiro atoms. The second-order valence-electron chi connectivity index (χ2n) is 7.80. The molecule has 1 fully saturated rings. The minimum Gasteiger partial charge on any atom is -0.384 e. The molecule has 3 aromatic rings. The maximum atomic E-state index is 13.6. The molecule has 28 heavy (non-hydrogen) atoms. The van der Waals surface area contributed by atoms with Crippen molar-refractivity contribution in [3.8, 4) is 0 Å². The Hall–Kier alpha value is -2.49. The van der Waals surface area contributed by atoms with Crippen LogP contribution >= 0.6 is 0 Å². The van der Waals surface area contributed by atoms with E-state index in [0.717, 1.165) is 12.0 Å². The number of piperidine rings is 1. The van der Waals surface area contributed by atoms with E-state index in [1.54, 1.807) is 12.1 Å². The first-order valence-corrected chi connectivity index (χ1v) is 10.0.